The molecular formula is C32H57N5O4. The maximum Gasteiger partial charge on any atom is 0.329 e. The number of carbonyl (C=O) groups is 1. The molecule has 234 valence electrons. The maximum atomic E-state index is 12.2. The highest BCUT2D eigenvalue weighted by Gasteiger charge is 2.15. The first-order valence-corrected chi connectivity index (χ1v) is 16.3. The number of rotatable bonds is 23. The van der Waals surface area contributed by atoms with Gasteiger partial charge in [-0.2, -0.15) is 0 Å². The van der Waals surface area contributed by atoms with Crippen molar-refractivity contribution in [2.45, 2.75) is 142 Å². The van der Waals surface area contributed by atoms with Crippen molar-refractivity contribution in [1.82, 2.24) is 24.0 Å². The summed E-state index contributed by atoms with van der Waals surface area (Å²) in [6.45, 7) is 5.07. The van der Waals surface area contributed by atoms with E-state index in [-0.39, 0.29) is 5.91 Å². The summed E-state index contributed by atoms with van der Waals surface area (Å²) in [7, 11) is 3.45. The van der Waals surface area contributed by atoms with Crippen molar-refractivity contribution in [2.75, 3.05) is 13.1 Å². The number of nitrogens with zero attached hydrogens (tertiary/aromatic N) is 4. The molecule has 0 aliphatic carbocycles. The molecule has 0 spiro atoms. The van der Waals surface area contributed by atoms with Crippen LogP contribution < -0.4 is 11.2 Å². The first-order chi connectivity index (χ1) is 19.8. The molecule has 0 saturated carbocycles. The summed E-state index contributed by atoms with van der Waals surface area (Å²) in [5, 5.41) is 10.5. The second-order valence-corrected chi connectivity index (χ2v) is 11.9. The average Bonchev–Trinajstić information content (AvgIpc) is 3.27. The Labute approximate surface area is 246 Å². The van der Waals surface area contributed by atoms with Crippen LogP contribution in [0.3, 0.4) is 0 Å². The molecule has 2 heterocycles. The minimum atomic E-state index is -0.444. The van der Waals surface area contributed by atoms with E-state index in [1.807, 2.05) is 11.9 Å². The quantitative estimate of drug-likeness (QED) is 0.164. The SMILES string of the molecule is CCCCCCCCCCCCN(CC(O)CCCCCCCCCc1nc2c(c(=O)[nH]c(=O)n2C)n1C)C(C)=O. The van der Waals surface area contributed by atoms with Gasteiger partial charge in [0.25, 0.3) is 5.56 Å². The molecule has 0 fully saturated rings. The Kier molecular flexibility index (Phi) is 16.7. The van der Waals surface area contributed by atoms with Crippen molar-refractivity contribution < 1.29 is 9.90 Å². The van der Waals surface area contributed by atoms with Crippen molar-refractivity contribution in [1.29, 1.82) is 0 Å². The number of nitrogens with one attached hydrogen (secondary N) is 1. The Hall–Kier alpha value is -2.42. The van der Waals surface area contributed by atoms with Crippen molar-refractivity contribution in [2.24, 2.45) is 14.1 Å². The van der Waals surface area contributed by atoms with E-state index in [0.29, 0.717) is 17.7 Å². The summed E-state index contributed by atoms with van der Waals surface area (Å²) >= 11 is 0. The average molecular weight is 576 g/mol. The molecule has 41 heavy (non-hydrogen) atoms. The number of hydrogen-bond acceptors (Lipinski definition) is 5. The van der Waals surface area contributed by atoms with Crippen LogP contribution in [0.5, 0.6) is 0 Å². The van der Waals surface area contributed by atoms with Crippen molar-refractivity contribution in [3.05, 3.63) is 26.7 Å². The van der Waals surface area contributed by atoms with Gasteiger partial charge in [0.1, 0.15) is 5.82 Å². The lowest BCUT2D eigenvalue weighted by Gasteiger charge is -2.24. The zero-order chi connectivity index (χ0) is 30.0. The Morgan fingerprint density at radius 2 is 1.37 bits per heavy atom. The molecule has 0 bridgehead atoms. The fourth-order valence-corrected chi connectivity index (χ4v) is 5.64. The van der Waals surface area contributed by atoms with Crippen molar-refractivity contribution in [3.63, 3.8) is 0 Å². The minimum absolute atomic E-state index is 0.0643. The summed E-state index contributed by atoms with van der Waals surface area (Å²) in [6.07, 6.45) is 21.5. The zero-order valence-corrected chi connectivity index (χ0v) is 26.4. The number of aliphatic hydroxyl groups is 1. The molecule has 1 unspecified atom stereocenters. The molecule has 2 aromatic heterocycles. The highest BCUT2D eigenvalue weighted by molar-refractivity contribution is 5.73. The summed E-state index contributed by atoms with van der Waals surface area (Å²) < 4.78 is 3.18. The number of aryl methyl sites for hydroxylation is 3. The number of aromatic amines is 1. The van der Waals surface area contributed by atoms with Crippen molar-refractivity contribution >= 4 is 17.1 Å². The van der Waals surface area contributed by atoms with Crippen LogP contribution in [-0.2, 0) is 25.3 Å². The number of H-pyrrole nitrogens is 1. The van der Waals surface area contributed by atoms with Gasteiger partial charge in [-0.15, -0.1) is 0 Å². The number of aromatic nitrogens is 4. The maximum absolute atomic E-state index is 12.2. The van der Waals surface area contributed by atoms with Gasteiger partial charge in [-0.3, -0.25) is 19.1 Å². The van der Waals surface area contributed by atoms with Crippen LogP contribution in [0.4, 0.5) is 0 Å². The molecule has 9 heteroatoms. The molecule has 2 N–H and O–H groups in total. The first-order valence-electron chi connectivity index (χ1n) is 16.3. The largest absolute Gasteiger partial charge is 0.391 e. The van der Waals surface area contributed by atoms with Gasteiger partial charge >= 0.3 is 5.69 Å². The van der Waals surface area contributed by atoms with Gasteiger partial charge < -0.3 is 14.6 Å². The fraction of sp³-hybridized carbons (Fsp3) is 0.812. The number of aliphatic hydroxyl groups excluding tert-OH is 1. The third-order valence-electron chi connectivity index (χ3n) is 8.32. The third kappa shape index (κ3) is 12.5. The van der Waals surface area contributed by atoms with Gasteiger partial charge in [0.15, 0.2) is 11.2 Å². The fourth-order valence-electron chi connectivity index (χ4n) is 5.64. The van der Waals surface area contributed by atoms with E-state index in [0.717, 1.165) is 83.0 Å². The normalized spacial score (nSPS) is 12.3. The molecule has 0 aliphatic heterocycles. The molecule has 9 nitrogen and oxygen atoms in total. The van der Waals surface area contributed by atoms with Crippen molar-refractivity contribution in [3.8, 4) is 0 Å². The summed E-state index contributed by atoms with van der Waals surface area (Å²) in [4.78, 5) is 44.7. The monoisotopic (exact) mass is 575 g/mol. The van der Waals surface area contributed by atoms with E-state index < -0.39 is 17.4 Å². The van der Waals surface area contributed by atoms with Gasteiger partial charge in [-0.1, -0.05) is 103 Å². The van der Waals surface area contributed by atoms with Crippen LogP contribution in [0, 0.1) is 0 Å². The molecule has 0 aliphatic rings. The summed E-state index contributed by atoms with van der Waals surface area (Å²) in [5.41, 5.74) is 0.0379. The molecule has 0 aromatic carbocycles. The first kappa shape index (κ1) is 34.8. The smallest absolute Gasteiger partial charge is 0.329 e. The lowest BCUT2D eigenvalue weighted by atomic mass is 10.0. The predicted molar refractivity (Wildman–Crippen MR) is 167 cm³/mol. The number of unbranched alkanes of at least 4 members (excludes halogenated alkanes) is 15. The van der Waals surface area contributed by atoms with Crippen LogP contribution in [0.1, 0.15) is 135 Å². The lowest BCUT2D eigenvalue weighted by molar-refractivity contribution is -0.130. The van der Waals surface area contributed by atoms with E-state index in [2.05, 4.69) is 16.9 Å². The van der Waals surface area contributed by atoms with Gasteiger partial charge in [-0.05, 0) is 19.3 Å². The molecule has 2 rings (SSSR count). The van der Waals surface area contributed by atoms with Crippen LogP contribution >= 0.6 is 0 Å². The molecule has 0 radical (unpaired) electrons. The second-order valence-electron chi connectivity index (χ2n) is 11.9. The molecule has 0 saturated heterocycles. The number of fused-ring (bicyclic) bond motifs is 1. The molecule has 1 atom stereocenters. The Balaban J connectivity index is 1.51. The minimum Gasteiger partial charge on any atom is -0.391 e. The molecular weight excluding hydrogens is 518 g/mol. The Morgan fingerprint density at radius 3 is 1.95 bits per heavy atom. The topological polar surface area (TPSA) is 113 Å². The van der Waals surface area contributed by atoms with E-state index in [4.69, 9.17) is 0 Å². The van der Waals surface area contributed by atoms with E-state index in [1.165, 1.54) is 55.9 Å². The zero-order valence-electron chi connectivity index (χ0n) is 26.4. The van der Waals surface area contributed by atoms with Gasteiger partial charge in [-0.25, -0.2) is 9.78 Å². The standard InChI is InChI=1S/C32H57N5O4/c1-5-6-7-8-9-10-11-15-18-21-24-37(26(2)38)25-27(39)22-19-16-13-12-14-17-20-23-28-33-30-29(35(28)3)31(40)34-32(41)36(30)4/h27,39H,5-25H2,1-4H3,(H,34,40,41). The lowest BCUT2D eigenvalue weighted by Crippen LogP contribution is -2.36. The number of carbonyl (C=O) groups excluding carboxylic acids is 1. The van der Waals surface area contributed by atoms with Crippen LogP contribution in [0.25, 0.3) is 11.2 Å². The number of imidazole rings is 1. The van der Waals surface area contributed by atoms with E-state index in [9.17, 15) is 19.5 Å². The highest BCUT2D eigenvalue weighted by atomic mass is 16.3. The van der Waals surface area contributed by atoms with E-state index >= 15 is 0 Å². The summed E-state index contributed by atoms with van der Waals surface area (Å²) in [6, 6.07) is 0. The van der Waals surface area contributed by atoms with Gasteiger partial charge in [0.2, 0.25) is 5.91 Å². The van der Waals surface area contributed by atoms with Crippen LogP contribution in [0.2, 0.25) is 0 Å². The second kappa shape index (κ2) is 19.7. The summed E-state index contributed by atoms with van der Waals surface area (Å²) in [5.74, 6) is 0.892. The van der Waals surface area contributed by atoms with Crippen LogP contribution in [-0.4, -0.2) is 54.2 Å². The van der Waals surface area contributed by atoms with Crippen LogP contribution in [0.15, 0.2) is 9.59 Å². The number of amides is 1. The Morgan fingerprint density at radius 1 is 0.829 bits per heavy atom. The Bertz CT molecular complexity index is 1140. The van der Waals surface area contributed by atoms with Gasteiger partial charge in [0.05, 0.1) is 6.10 Å². The highest BCUT2D eigenvalue weighted by Crippen LogP contribution is 2.15. The van der Waals surface area contributed by atoms with E-state index in [1.54, 1.807) is 18.5 Å². The molecule has 2 aromatic rings. The number of hydrogen-bond donors (Lipinski definition) is 2. The predicted octanol–water partition coefficient (Wildman–Crippen LogP) is 5.75. The third-order valence-corrected chi connectivity index (χ3v) is 8.32. The molecule has 1 amide bonds. The van der Waals surface area contributed by atoms with Gasteiger partial charge in [0, 0.05) is 40.5 Å².